The van der Waals surface area contributed by atoms with Crippen LogP contribution in [0.5, 0.6) is 0 Å². The molecule has 100 valence electrons. The molecule has 2 aromatic rings. The van der Waals surface area contributed by atoms with Gasteiger partial charge < -0.3 is 5.32 Å². The second kappa shape index (κ2) is 6.02. The van der Waals surface area contributed by atoms with Gasteiger partial charge in [0, 0.05) is 11.4 Å². The Morgan fingerprint density at radius 2 is 1.89 bits per heavy atom. The van der Waals surface area contributed by atoms with Crippen LogP contribution in [0.3, 0.4) is 0 Å². The summed E-state index contributed by atoms with van der Waals surface area (Å²) in [4.78, 5) is 13.0. The van der Waals surface area contributed by atoms with E-state index in [1.165, 1.54) is 22.3 Å². The summed E-state index contributed by atoms with van der Waals surface area (Å²) in [6.07, 6.45) is 0.474. The van der Waals surface area contributed by atoms with Gasteiger partial charge in [-0.25, -0.2) is 0 Å². The van der Waals surface area contributed by atoms with E-state index in [9.17, 15) is 4.79 Å². The number of hydrogen-bond acceptors (Lipinski definition) is 2. The fourth-order valence-electron chi connectivity index (χ4n) is 2.31. The highest BCUT2D eigenvalue weighted by Gasteiger charge is 2.07. The summed E-state index contributed by atoms with van der Waals surface area (Å²) < 4.78 is 0. The van der Waals surface area contributed by atoms with E-state index >= 15 is 0 Å². The monoisotopic (exact) mass is 273 g/mol. The standard InChI is InChI=1S/C16H19NOS/c1-11-7-12(2)15(13(3)8-11)10-17-16(18)9-14-5-4-6-19-14/h4-8H,9-10H2,1-3H3,(H,17,18). The molecular formula is C16H19NOS. The number of benzene rings is 1. The predicted octanol–water partition coefficient (Wildman–Crippen LogP) is 3.53. The fraction of sp³-hybridized carbons (Fsp3) is 0.312. The maximum absolute atomic E-state index is 11.9. The number of nitrogens with one attached hydrogen (secondary N) is 1. The summed E-state index contributed by atoms with van der Waals surface area (Å²) in [7, 11) is 0. The van der Waals surface area contributed by atoms with Crippen LogP contribution in [0, 0.1) is 20.8 Å². The Kier molecular flexibility index (Phi) is 4.38. The van der Waals surface area contributed by atoms with Gasteiger partial charge in [-0.3, -0.25) is 4.79 Å². The summed E-state index contributed by atoms with van der Waals surface area (Å²) in [6, 6.07) is 8.29. The zero-order chi connectivity index (χ0) is 13.8. The third-order valence-corrected chi connectivity index (χ3v) is 4.09. The Morgan fingerprint density at radius 1 is 1.21 bits per heavy atom. The number of thiophene rings is 1. The number of hydrogen-bond donors (Lipinski definition) is 1. The quantitative estimate of drug-likeness (QED) is 0.907. The van der Waals surface area contributed by atoms with Crippen LogP contribution < -0.4 is 5.32 Å². The number of carbonyl (C=O) groups excluding carboxylic acids is 1. The first-order valence-corrected chi connectivity index (χ1v) is 7.30. The molecule has 2 rings (SSSR count). The highest BCUT2D eigenvalue weighted by molar-refractivity contribution is 7.10. The number of aryl methyl sites for hydroxylation is 3. The van der Waals surface area contributed by atoms with Gasteiger partial charge >= 0.3 is 0 Å². The molecule has 1 heterocycles. The van der Waals surface area contributed by atoms with Crippen molar-refractivity contribution in [3.63, 3.8) is 0 Å². The normalized spacial score (nSPS) is 10.5. The van der Waals surface area contributed by atoms with Crippen LogP contribution in [0.1, 0.15) is 27.1 Å². The van der Waals surface area contributed by atoms with Crippen molar-refractivity contribution in [3.05, 3.63) is 56.8 Å². The Morgan fingerprint density at radius 3 is 2.47 bits per heavy atom. The maximum atomic E-state index is 11.9. The Bertz CT molecular complexity index is 549. The molecule has 0 saturated heterocycles. The van der Waals surface area contributed by atoms with Crippen molar-refractivity contribution < 1.29 is 4.79 Å². The SMILES string of the molecule is Cc1cc(C)c(CNC(=O)Cc2cccs2)c(C)c1. The van der Waals surface area contributed by atoms with Crippen LogP contribution in [-0.4, -0.2) is 5.91 Å². The van der Waals surface area contributed by atoms with Crippen molar-refractivity contribution >= 4 is 17.2 Å². The molecule has 0 spiro atoms. The average Bonchev–Trinajstić information content (AvgIpc) is 2.80. The maximum Gasteiger partial charge on any atom is 0.225 e. The number of amides is 1. The molecular weight excluding hydrogens is 254 g/mol. The van der Waals surface area contributed by atoms with Gasteiger partial charge in [0.15, 0.2) is 0 Å². The van der Waals surface area contributed by atoms with Gasteiger partial charge in [-0.05, 0) is 48.9 Å². The molecule has 0 fully saturated rings. The van der Waals surface area contributed by atoms with Gasteiger partial charge in [-0.1, -0.05) is 23.8 Å². The van der Waals surface area contributed by atoms with Crippen LogP contribution in [0.2, 0.25) is 0 Å². The summed E-state index contributed by atoms with van der Waals surface area (Å²) in [5.74, 6) is 0.0850. The molecule has 0 unspecified atom stereocenters. The molecule has 1 amide bonds. The fourth-order valence-corrected chi connectivity index (χ4v) is 3.01. The van der Waals surface area contributed by atoms with E-state index < -0.39 is 0 Å². The van der Waals surface area contributed by atoms with Gasteiger partial charge in [0.05, 0.1) is 6.42 Å². The van der Waals surface area contributed by atoms with Gasteiger partial charge in [-0.15, -0.1) is 11.3 Å². The van der Waals surface area contributed by atoms with Crippen molar-refractivity contribution in [1.29, 1.82) is 0 Å². The van der Waals surface area contributed by atoms with Crippen molar-refractivity contribution in [1.82, 2.24) is 5.32 Å². The van der Waals surface area contributed by atoms with Crippen molar-refractivity contribution in [3.8, 4) is 0 Å². The molecule has 0 radical (unpaired) electrons. The first kappa shape index (κ1) is 13.8. The second-order valence-corrected chi connectivity index (χ2v) is 5.94. The lowest BCUT2D eigenvalue weighted by molar-refractivity contribution is -0.120. The minimum absolute atomic E-state index is 0.0850. The zero-order valence-corrected chi connectivity index (χ0v) is 12.4. The molecule has 1 aromatic heterocycles. The minimum Gasteiger partial charge on any atom is -0.352 e. The van der Waals surface area contributed by atoms with E-state index in [4.69, 9.17) is 0 Å². The molecule has 1 N–H and O–H groups in total. The smallest absolute Gasteiger partial charge is 0.225 e. The van der Waals surface area contributed by atoms with E-state index in [-0.39, 0.29) is 5.91 Å². The lowest BCUT2D eigenvalue weighted by Gasteiger charge is -2.12. The van der Waals surface area contributed by atoms with Gasteiger partial charge in [0.2, 0.25) is 5.91 Å². The molecule has 0 aliphatic heterocycles. The number of rotatable bonds is 4. The van der Waals surface area contributed by atoms with E-state index in [0.717, 1.165) is 4.88 Å². The predicted molar refractivity (Wildman–Crippen MR) is 80.5 cm³/mol. The second-order valence-electron chi connectivity index (χ2n) is 4.91. The summed E-state index contributed by atoms with van der Waals surface area (Å²) in [5.41, 5.74) is 4.98. The van der Waals surface area contributed by atoms with Gasteiger partial charge in [0.1, 0.15) is 0 Å². The number of carbonyl (C=O) groups is 1. The Balaban J connectivity index is 1.97. The summed E-state index contributed by atoms with van der Waals surface area (Å²) in [6.45, 7) is 6.91. The first-order chi connectivity index (χ1) is 9.06. The van der Waals surface area contributed by atoms with Crippen LogP contribution in [-0.2, 0) is 17.8 Å². The molecule has 19 heavy (non-hydrogen) atoms. The molecule has 0 aliphatic rings. The van der Waals surface area contributed by atoms with Crippen LogP contribution in [0.15, 0.2) is 29.6 Å². The highest BCUT2D eigenvalue weighted by Crippen LogP contribution is 2.16. The van der Waals surface area contributed by atoms with Crippen molar-refractivity contribution in [2.75, 3.05) is 0 Å². The van der Waals surface area contributed by atoms with Crippen molar-refractivity contribution in [2.24, 2.45) is 0 Å². The van der Waals surface area contributed by atoms with Gasteiger partial charge in [-0.2, -0.15) is 0 Å². The van der Waals surface area contributed by atoms with Crippen LogP contribution in [0.25, 0.3) is 0 Å². The van der Waals surface area contributed by atoms with Crippen LogP contribution in [0.4, 0.5) is 0 Å². The summed E-state index contributed by atoms with van der Waals surface area (Å²) in [5, 5.41) is 5.00. The average molecular weight is 273 g/mol. The third kappa shape index (κ3) is 3.67. The Hall–Kier alpha value is -1.61. The molecule has 1 aromatic carbocycles. The van der Waals surface area contributed by atoms with Gasteiger partial charge in [0.25, 0.3) is 0 Å². The minimum atomic E-state index is 0.0850. The summed E-state index contributed by atoms with van der Waals surface area (Å²) >= 11 is 1.62. The molecule has 0 aliphatic carbocycles. The third-order valence-electron chi connectivity index (χ3n) is 3.22. The largest absolute Gasteiger partial charge is 0.352 e. The molecule has 3 heteroatoms. The molecule has 0 saturated carbocycles. The highest BCUT2D eigenvalue weighted by atomic mass is 32.1. The van der Waals surface area contributed by atoms with E-state index in [1.54, 1.807) is 11.3 Å². The first-order valence-electron chi connectivity index (χ1n) is 6.42. The molecule has 0 atom stereocenters. The topological polar surface area (TPSA) is 29.1 Å². The molecule has 0 bridgehead atoms. The van der Waals surface area contributed by atoms with Crippen LogP contribution >= 0.6 is 11.3 Å². The van der Waals surface area contributed by atoms with E-state index in [1.807, 2.05) is 17.5 Å². The Labute approximate surface area is 118 Å². The van der Waals surface area contributed by atoms with E-state index in [2.05, 4.69) is 38.2 Å². The molecule has 2 nitrogen and oxygen atoms in total. The van der Waals surface area contributed by atoms with Crippen molar-refractivity contribution in [2.45, 2.75) is 33.7 Å². The zero-order valence-electron chi connectivity index (χ0n) is 11.6. The van der Waals surface area contributed by atoms with E-state index in [0.29, 0.717) is 13.0 Å². The lowest BCUT2D eigenvalue weighted by Crippen LogP contribution is -2.25. The lowest BCUT2D eigenvalue weighted by atomic mass is 10.00.